The zero-order valence-electron chi connectivity index (χ0n) is 18.0. The van der Waals surface area contributed by atoms with Crippen molar-refractivity contribution in [2.24, 2.45) is 0 Å². The van der Waals surface area contributed by atoms with E-state index in [2.05, 4.69) is 57.2 Å². The van der Waals surface area contributed by atoms with Gasteiger partial charge in [-0.2, -0.15) is 0 Å². The van der Waals surface area contributed by atoms with Crippen LogP contribution in [0.25, 0.3) is 21.8 Å². The number of Topliss-reactive ketones (excluding diaryl/α,β-unsaturated/α-hetero) is 1. The van der Waals surface area contributed by atoms with Crippen LogP contribution in [-0.4, -0.2) is 53.3 Å². The summed E-state index contributed by atoms with van der Waals surface area (Å²) >= 11 is 0. The van der Waals surface area contributed by atoms with Crippen LogP contribution in [0.4, 0.5) is 0 Å². The Labute approximate surface area is 201 Å². The zero-order valence-corrected chi connectivity index (χ0v) is 19.6. The highest BCUT2D eigenvalue weighted by atomic mass is 35.5. The summed E-state index contributed by atoms with van der Waals surface area (Å²) in [7, 11) is 0. The molecule has 2 heterocycles. The van der Waals surface area contributed by atoms with Crippen molar-refractivity contribution in [3.63, 3.8) is 0 Å². The molecule has 1 aliphatic rings. The van der Waals surface area contributed by atoms with Crippen LogP contribution >= 0.6 is 24.8 Å². The molecule has 0 bridgehead atoms. The fourth-order valence-electron chi connectivity index (χ4n) is 4.44. The van der Waals surface area contributed by atoms with E-state index in [4.69, 9.17) is 0 Å². The van der Waals surface area contributed by atoms with Gasteiger partial charge in [0, 0.05) is 73.1 Å². The van der Waals surface area contributed by atoms with Crippen molar-refractivity contribution in [2.75, 3.05) is 32.7 Å². The van der Waals surface area contributed by atoms with Crippen LogP contribution in [0.5, 0.6) is 0 Å². The Morgan fingerprint density at radius 3 is 2.19 bits per heavy atom. The first kappa shape index (κ1) is 24.3. The lowest BCUT2D eigenvalue weighted by atomic mass is 10.0. The van der Waals surface area contributed by atoms with Crippen molar-refractivity contribution >= 4 is 52.4 Å². The maximum absolute atomic E-state index is 12.8. The molecule has 3 aromatic carbocycles. The molecule has 4 nitrogen and oxygen atoms in total. The molecule has 0 aliphatic carbocycles. The van der Waals surface area contributed by atoms with Gasteiger partial charge in [-0.25, -0.2) is 0 Å². The van der Waals surface area contributed by atoms with Crippen LogP contribution in [0, 0.1) is 0 Å². The first-order chi connectivity index (χ1) is 14.8. The van der Waals surface area contributed by atoms with Crippen molar-refractivity contribution in [1.82, 2.24) is 14.8 Å². The standard InChI is InChI=1S/C26H27N3O.2ClH/c30-26(21-10-11-25-23(18-21)22-8-4-5-9-24(22)27-25)12-13-28-14-16-29(17-15-28)19-20-6-2-1-3-7-20;;/h1-11,18,27H,12-17,19H2;2*1H. The van der Waals surface area contributed by atoms with Gasteiger partial charge in [0.2, 0.25) is 0 Å². The van der Waals surface area contributed by atoms with E-state index in [1.807, 2.05) is 30.3 Å². The maximum Gasteiger partial charge on any atom is 0.164 e. The molecule has 1 N–H and O–H groups in total. The van der Waals surface area contributed by atoms with Gasteiger partial charge in [-0.15, -0.1) is 24.8 Å². The molecule has 0 radical (unpaired) electrons. The molecule has 32 heavy (non-hydrogen) atoms. The van der Waals surface area contributed by atoms with E-state index in [1.54, 1.807) is 0 Å². The van der Waals surface area contributed by atoms with Gasteiger partial charge in [-0.1, -0.05) is 48.5 Å². The van der Waals surface area contributed by atoms with Crippen molar-refractivity contribution in [2.45, 2.75) is 13.0 Å². The summed E-state index contributed by atoms with van der Waals surface area (Å²) in [5, 5.41) is 2.31. The monoisotopic (exact) mass is 469 g/mol. The number of rotatable bonds is 6. The Hall–Kier alpha value is -2.37. The van der Waals surface area contributed by atoms with Gasteiger partial charge in [0.05, 0.1) is 0 Å². The van der Waals surface area contributed by atoms with Crippen LogP contribution in [0.15, 0.2) is 72.8 Å². The van der Waals surface area contributed by atoms with Crippen molar-refractivity contribution < 1.29 is 4.79 Å². The average Bonchev–Trinajstić information content (AvgIpc) is 3.17. The van der Waals surface area contributed by atoms with Gasteiger partial charge < -0.3 is 9.88 Å². The molecule has 0 saturated carbocycles. The summed E-state index contributed by atoms with van der Waals surface area (Å²) in [5.41, 5.74) is 4.39. The number of ketones is 1. The first-order valence-electron chi connectivity index (χ1n) is 10.8. The molecule has 0 atom stereocenters. The molecule has 0 spiro atoms. The number of hydrogen-bond acceptors (Lipinski definition) is 3. The Morgan fingerprint density at radius 1 is 0.750 bits per heavy atom. The smallest absolute Gasteiger partial charge is 0.164 e. The number of nitrogens with one attached hydrogen (secondary N) is 1. The van der Waals surface area contributed by atoms with Crippen LogP contribution in [0.1, 0.15) is 22.3 Å². The molecule has 0 amide bonds. The molecule has 1 saturated heterocycles. The summed E-state index contributed by atoms with van der Waals surface area (Å²) in [4.78, 5) is 21.2. The molecular weight excluding hydrogens is 441 g/mol. The van der Waals surface area contributed by atoms with E-state index < -0.39 is 0 Å². The first-order valence-corrected chi connectivity index (χ1v) is 10.8. The van der Waals surface area contributed by atoms with Crippen LogP contribution in [-0.2, 0) is 6.54 Å². The third kappa shape index (κ3) is 5.33. The number of piperazine rings is 1. The summed E-state index contributed by atoms with van der Waals surface area (Å²) < 4.78 is 0. The fraction of sp³-hybridized carbons (Fsp3) is 0.269. The quantitative estimate of drug-likeness (QED) is 0.376. The Balaban J connectivity index is 0.00000144. The predicted molar refractivity (Wildman–Crippen MR) is 137 cm³/mol. The number of H-pyrrole nitrogens is 1. The van der Waals surface area contributed by atoms with Crippen molar-refractivity contribution in [3.8, 4) is 0 Å². The average molecular weight is 470 g/mol. The Kier molecular flexibility index (Phi) is 8.32. The van der Waals surface area contributed by atoms with E-state index in [9.17, 15) is 4.79 Å². The number of carbonyl (C=O) groups excluding carboxylic acids is 1. The minimum absolute atomic E-state index is 0. The molecule has 6 heteroatoms. The number of benzene rings is 3. The molecular formula is C26H29Cl2N3O. The zero-order chi connectivity index (χ0) is 20.3. The number of aromatic nitrogens is 1. The van der Waals surface area contributed by atoms with E-state index in [0.717, 1.165) is 61.3 Å². The SMILES string of the molecule is Cl.Cl.O=C(CCN1CCN(Cc2ccccc2)CC1)c1ccc2[nH]c3ccccc3c2c1. The largest absolute Gasteiger partial charge is 0.355 e. The summed E-state index contributed by atoms with van der Waals surface area (Å²) in [6, 6.07) is 24.9. The lowest BCUT2D eigenvalue weighted by molar-refractivity contribution is 0.0923. The minimum Gasteiger partial charge on any atom is -0.355 e. The Morgan fingerprint density at radius 2 is 1.41 bits per heavy atom. The van der Waals surface area contributed by atoms with Gasteiger partial charge >= 0.3 is 0 Å². The number of fused-ring (bicyclic) bond motifs is 3. The fourth-order valence-corrected chi connectivity index (χ4v) is 4.44. The molecule has 1 aliphatic heterocycles. The highest BCUT2D eigenvalue weighted by molar-refractivity contribution is 6.10. The van der Waals surface area contributed by atoms with Gasteiger partial charge in [0.15, 0.2) is 5.78 Å². The van der Waals surface area contributed by atoms with Gasteiger partial charge in [-0.05, 0) is 29.8 Å². The Bertz CT molecular complexity index is 1170. The minimum atomic E-state index is 0. The second-order valence-corrected chi connectivity index (χ2v) is 8.21. The number of aromatic amines is 1. The summed E-state index contributed by atoms with van der Waals surface area (Å²) in [5.74, 6) is 0.230. The molecule has 0 unspecified atom stereocenters. The molecule has 1 aromatic heterocycles. The van der Waals surface area contributed by atoms with Gasteiger partial charge in [0.1, 0.15) is 0 Å². The van der Waals surface area contributed by atoms with Crippen LogP contribution in [0.3, 0.4) is 0 Å². The van der Waals surface area contributed by atoms with Crippen molar-refractivity contribution in [1.29, 1.82) is 0 Å². The van der Waals surface area contributed by atoms with E-state index in [-0.39, 0.29) is 30.6 Å². The highest BCUT2D eigenvalue weighted by Gasteiger charge is 2.18. The molecule has 1 fully saturated rings. The highest BCUT2D eigenvalue weighted by Crippen LogP contribution is 2.26. The third-order valence-electron chi connectivity index (χ3n) is 6.20. The number of halogens is 2. The maximum atomic E-state index is 12.8. The van der Waals surface area contributed by atoms with E-state index in [0.29, 0.717) is 6.42 Å². The lowest BCUT2D eigenvalue weighted by Crippen LogP contribution is -2.46. The van der Waals surface area contributed by atoms with Crippen LogP contribution in [0.2, 0.25) is 0 Å². The molecule has 4 aromatic rings. The molecule has 168 valence electrons. The van der Waals surface area contributed by atoms with E-state index in [1.165, 1.54) is 10.9 Å². The van der Waals surface area contributed by atoms with Crippen molar-refractivity contribution in [3.05, 3.63) is 83.9 Å². The number of para-hydroxylation sites is 1. The number of carbonyl (C=O) groups is 1. The summed E-state index contributed by atoms with van der Waals surface area (Å²) in [6.07, 6.45) is 0.576. The predicted octanol–water partition coefficient (Wildman–Crippen LogP) is 5.56. The normalized spacial score (nSPS) is 14.8. The number of hydrogen-bond donors (Lipinski definition) is 1. The second kappa shape index (κ2) is 11.0. The molecule has 5 rings (SSSR count). The lowest BCUT2D eigenvalue weighted by Gasteiger charge is -2.34. The van der Waals surface area contributed by atoms with Gasteiger partial charge in [-0.3, -0.25) is 9.69 Å². The van der Waals surface area contributed by atoms with Gasteiger partial charge in [0.25, 0.3) is 0 Å². The third-order valence-corrected chi connectivity index (χ3v) is 6.20. The number of nitrogens with zero attached hydrogens (tertiary/aromatic N) is 2. The second-order valence-electron chi connectivity index (χ2n) is 8.21. The van der Waals surface area contributed by atoms with E-state index >= 15 is 0 Å². The van der Waals surface area contributed by atoms with Crippen LogP contribution < -0.4 is 0 Å². The summed E-state index contributed by atoms with van der Waals surface area (Å²) in [6.45, 7) is 6.03. The topological polar surface area (TPSA) is 39.3 Å².